The summed E-state index contributed by atoms with van der Waals surface area (Å²) in [6, 6.07) is 10.7. The van der Waals surface area contributed by atoms with Crippen LogP contribution in [0.25, 0.3) is 0 Å². The van der Waals surface area contributed by atoms with Gasteiger partial charge in [-0.25, -0.2) is 4.79 Å². The number of nitrogens with one attached hydrogen (secondary N) is 1. The molecule has 0 spiro atoms. The second-order valence-electron chi connectivity index (χ2n) is 4.19. The number of halogens is 1. The molecular formula is C15H12ClNO4. The monoisotopic (exact) mass is 305 g/mol. The fourth-order valence-electron chi connectivity index (χ4n) is 1.71. The molecular weight excluding hydrogens is 294 g/mol. The predicted octanol–water partition coefficient (Wildman–Crippen LogP) is 3.30. The summed E-state index contributed by atoms with van der Waals surface area (Å²) in [5, 5.41) is 11.8. The summed E-state index contributed by atoms with van der Waals surface area (Å²) in [6.07, 6.45) is 0. The molecule has 0 heterocycles. The standard InChI is InChI=1S/C15H12ClNO4/c1-21-11-4-2-3-9(7-11)14(18)17-13-8-10(15(19)20)5-6-12(13)16/h2-8H,1H3,(H,17,18)(H,19,20). The summed E-state index contributed by atoms with van der Waals surface area (Å²) < 4.78 is 5.05. The number of carboxylic acid groups (broad SMARTS) is 1. The van der Waals surface area contributed by atoms with E-state index in [2.05, 4.69) is 5.32 Å². The second kappa shape index (κ2) is 6.28. The summed E-state index contributed by atoms with van der Waals surface area (Å²) >= 11 is 5.96. The Bertz CT molecular complexity index is 700. The molecule has 0 radical (unpaired) electrons. The smallest absolute Gasteiger partial charge is 0.335 e. The molecule has 0 aliphatic rings. The van der Waals surface area contributed by atoms with Crippen molar-refractivity contribution < 1.29 is 19.4 Å². The summed E-state index contributed by atoms with van der Waals surface area (Å²) in [5.74, 6) is -0.949. The number of rotatable bonds is 4. The molecule has 0 aliphatic carbocycles. The van der Waals surface area contributed by atoms with Gasteiger partial charge in [-0.1, -0.05) is 17.7 Å². The summed E-state index contributed by atoms with van der Waals surface area (Å²) in [7, 11) is 1.50. The lowest BCUT2D eigenvalue weighted by Crippen LogP contribution is -2.13. The van der Waals surface area contributed by atoms with E-state index in [1.807, 2.05) is 0 Å². The van der Waals surface area contributed by atoms with Crippen LogP contribution >= 0.6 is 11.6 Å². The third-order valence-corrected chi connectivity index (χ3v) is 3.12. The van der Waals surface area contributed by atoms with Gasteiger partial charge in [0, 0.05) is 5.56 Å². The average Bonchev–Trinajstić information content (AvgIpc) is 2.49. The van der Waals surface area contributed by atoms with E-state index in [9.17, 15) is 9.59 Å². The van der Waals surface area contributed by atoms with Gasteiger partial charge in [-0.2, -0.15) is 0 Å². The molecule has 2 N–H and O–H groups in total. The van der Waals surface area contributed by atoms with Gasteiger partial charge >= 0.3 is 5.97 Å². The molecule has 21 heavy (non-hydrogen) atoms. The van der Waals surface area contributed by atoms with E-state index in [1.165, 1.54) is 25.3 Å². The number of anilines is 1. The Labute approximate surface area is 126 Å². The molecule has 0 bridgehead atoms. The molecule has 5 nitrogen and oxygen atoms in total. The van der Waals surface area contributed by atoms with Crippen LogP contribution in [0.5, 0.6) is 5.75 Å². The lowest BCUT2D eigenvalue weighted by atomic mass is 10.1. The van der Waals surface area contributed by atoms with E-state index in [0.717, 1.165) is 0 Å². The molecule has 0 unspecified atom stereocenters. The first kappa shape index (κ1) is 14.9. The highest BCUT2D eigenvalue weighted by molar-refractivity contribution is 6.34. The van der Waals surface area contributed by atoms with Crippen LogP contribution in [-0.2, 0) is 0 Å². The lowest BCUT2D eigenvalue weighted by Gasteiger charge is -2.09. The molecule has 0 aromatic heterocycles. The normalized spacial score (nSPS) is 10.0. The van der Waals surface area contributed by atoms with Crippen LogP contribution in [0.15, 0.2) is 42.5 Å². The average molecular weight is 306 g/mol. The molecule has 0 saturated heterocycles. The maximum Gasteiger partial charge on any atom is 0.335 e. The SMILES string of the molecule is COc1cccc(C(=O)Nc2cc(C(=O)O)ccc2Cl)c1. The number of aromatic carboxylic acids is 1. The Kier molecular flexibility index (Phi) is 4.45. The maximum absolute atomic E-state index is 12.1. The van der Waals surface area contributed by atoms with Crippen LogP contribution in [0, 0.1) is 0 Å². The van der Waals surface area contributed by atoms with Crippen LogP contribution in [0.2, 0.25) is 5.02 Å². The Morgan fingerprint density at radius 1 is 1.14 bits per heavy atom. The number of carbonyl (C=O) groups is 2. The number of amides is 1. The number of carboxylic acids is 1. The van der Waals surface area contributed by atoms with Gasteiger partial charge in [-0.15, -0.1) is 0 Å². The quantitative estimate of drug-likeness (QED) is 0.908. The van der Waals surface area contributed by atoms with Gasteiger partial charge < -0.3 is 15.2 Å². The molecule has 108 valence electrons. The van der Waals surface area contributed by atoms with Crippen LogP contribution in [0.1, 0.15) is 20.7 Å². The van der Waals surface area contributed by atoms with E-state index in [0.29, 0.717) is 11.3 Å². The molecule has 6 heteroatoms. The fraction of sp³-hybridized carbons (Fsp3) is 0.0667. The molecule has 2 rings (SSSR count). The molecule has 1 amide bonds. The lowest BCUT2D eigenvalue weighted by molar-refractivity contribution is 0.0696. The topological polar surface area (TPSA) is 75.6 Å². The van der Waals surface area contributed by atoms with E-state index in [1.54, 1.807) is 24.3 Å². The van der Waals surface area contributed by atoms with Crippen molar-refractivity contribution in [2.24, 2.45) is 0 Å². The minimum atomic E-state index is -1.09. The number of carbonyl (C=O) groups excluding carboxylic acids is 1. The number of hydrogen-bond acceptors (Lipinski definition) is 3. The number of methoxy groups -OCH3 is 1. The highest BCUT2D eigenvalue weighted by atomic mass is 35.5. The molecule has 0 saturated carbocycles. The number of benzene rings is 2. The zero-order valence-corrected chi connectivity index (χ0v) is 11.8. The zero-order valence-electron chi connectivity index (χ0n) is 11.1. The second-order valence-corrected chi connectivity index (χ2v) is 4.59. The first-order chi connectivity index (χ1) is 10.0. The highest BCUT2D eigenvalue weighted by Gasteiger charge is 2.12. The van der Waals surface area contributed by atoms with Gasteiger partial charge in [0.2, 0.25) is 0 Å². The van der Waals surface area contributed by atoms with Gasteiger partial charge in [0.05, 0.1) is 23.4 Å². The van der Waals surface area contributed by atoms with Crippen molar-refractivity contribution in [2.75, 3.05) is 12.4 Å². The van der Waals surface area contributed by atoms with Crippen molar-refractivity contribution in [1.29, 1.82) is 0 Å². The largest absolute Gasteiger partial charge is 0.497 e. The summed E-state index contributed by atoms with van der Waals surface area (Å²) in [4.78, 5) is 23.1. The van der Waals surface area contributed by atoms with Gasteiger partial charge in [0.15, 0.2) is 0 Å². The van der Waals surface area contributed by atoms with Crippen molar-refractivity contribution in [3.05, 3.63) is 58.6 Å². The van der Waals surface area contributed by atoms with Crippen LogP contribution in [-0.4, -0.2) is 24.1 Å². The van der Waals surface area contributed by atoms with Crippen molar-refractivity contribution in [3.63, 3.8) is 0 Å². The van der Waals surface area contributed by atoms with Crippen LogP contribution in [0.4, 0.5) is 5.69 Å². The maximum atomic E-state index is 12.1. The molecule has 0 aliphatic heterocycles. The first-order valence-electron chi connectivity index (χ1n) is 5.99. The third kappa shape index (κ3) is 3.52. The number of hydrogen-bond donors (Lipinski definition) is 2. The minimum Gasteiger partial charge on any atom is -0.497 e. The Morgan fingerprint density at radius 3 is 2.57 bits per heavy atom. The van der Waals surface area contributed by atoms with Gasteiger partial charge in [-0.05, 0) is 36.4 Å². The Hall–Kier alpha value is -2.53. The van der Waals surface area contributed by atoms with E-state index in [4.69, 9.17) is 21.4 Å². The van der Waals surface area contributed by atoms with Crippen LogP contribution < -0.4 is 10.1 Å². The van der Waals surface area contributed by atoms with Gasteiger partial charge in [0.25, 0.3) is 5.91 Å². The van der Waals surface area contributed by atoms with Gasteiger partial charge in [0.1, 0.15) is 5.75 Å². The summed E-state index contributed by atoms with van der Waals surface area (Å²) in [5.41, 5.74) is 0.663. The van der Waals surface area contributed by atoms with Crippen molar-refractivity contribution in [1.82, 2.24) is 0 Å². The summed E-state index contributed by atoms with van der Waals surface area (Å²) in [6.45, 7) is 0. The fourth-order valence-corrected chi connectivity index (χ4v) is 1.88. The van der Waals surface area contributed by atoms with Crippen molar-refractivity contribution in [2.45, 2.75) is 0 Å². The van der Waals surface area contributed by atoms with Crippen molar-refractivity contribution >= 4 is 29.2 Å². The van der Waals surface area contributed by atoms with Crippen molar-refractivity contribution in [3.8, 4) is 5.75 Å². The minimum absolute atomic E-state index is 0.0420. The Morgan fingerprint density at radius 2 is 1.90 bits per heavy atom. The zero-order chi connectivity index (χ0) is 15.4. The molecule has 0 fully saturated rings. The van der Waals surface area contributed by atoms with Crippen LogP contribution in [0.3, 0.4) is 0 Å². The number of ether oxygens (including phenoxy) is 1. The molecule has 2 aromatic rings. The molecule has 0 atom stereocenters. The Balaban J connectivity index is 2.26. The molecule has 2 aromatic carbocycles. The first-order valence-corrected chi connectivity index (χ1v) is 6.37. The predicted molar refractivity (Wildman–Crippen MR) is 79.4 cm³/mol. The third-order valence-electron chi connectivity index (χ3n) is 2.79. The van der Waals surface area contributed by atoms with E-state index < -0.39 is 11.9 Å². The highest BCUT2D eigenvalue weighted by Crippen LogP contribution is 2.24. The van der Waals surface area contributed by atoms with E-state index >= 15 is 0 Å². The van der Waals surface area contributed by atoms with Gasteiger partial charge in [-0.3, -0.25) is 4.79 Å². The van der Waals surface area contributed by atoms with E-state index in [-0.39, 0.29) is 16.3 Å².